The number of halogens is 1. The highest BCUT2D eigenvalue weighted by molar-refractivity contribution is 7.13. The number of para-hydroxylation sites is 1. The summed E-state index contributed by atoms with van der Waals surface area (Å²) in [5.41, 5.74) is 0.814. The normalized spacial score (nSPS) is 17.3. The van der Waals surface area contributed by atoms with Crippen molar-refractivity contribution in [3.63, 3.8) is 0 Å². The van der Waals surface area contributed by atoms with Crippen LogP contribution in [0.5, 0.6) is 5.75 Å². The second-order valence-corrected chi connectivity index (χ2v) is 7.32. The van der Waals surface area contributed by atoms with E-state index in [9.17, 15) is 9.18 Å². The lowest BCUT2D eigenvalue weighted by molar-refractivity contribution is 0.0789. The fourth-order valence-corrected chi connectivity index (χ4v) is 3.91. The molecule has 128 valence electrons. The average Bonchev–Trinajstić information content (AvgIpc) is 3.15. The Balaban J connectivity index is 1.50. The smallest absolute Gasteiger partial charge is 0.265 e. The molecule has 0 bridgehead atoms. The highest BCUT2D eigenvalue weighted by Crippen LogP contribution is 2.25. The molecule has 6 heteroatoms. The Labute approximate surface area is 145 Å². The van der Waals surface area contributed by atoms with Crippen molar-refractivity contribution in [3.05, 3.63) is 45.7 Å². The number of thiazole rings is 1. The van der Waals surface area contributed by atoms with Gasteiger partial charge in [0.25, 0.3) is 5.91 Å². The largest absolute Gasteiger partial charge is 0.491 e. The number of ether oxygens (including phenoxy) is 1. The molecule has 1 amide bonds. The number of amides is 1. The SMILES string of the molecule is Cc1nc(C)c(C(=O)N2CCC(CCOc3ccccc3F)C2)s1. The van der Waals surface area contributed by atoms with Crippen LogP contribution in [0.4, 0.5) is 4.39 Å². The molecule has 24 heavy (non-hydrogen) atoms. The van der Waals surface area contributed by atoms with E-state index in [1.807, 2.05) is 18.7 Å². The van der Waals surface area contributed by atoms with Crippen molar-refractivity contribution < 1.29 is 13.9 Å². The fraction of sp³-hybridized carbons (Fsp3) is 0.444. The number of nitrogens with zero attached hydrogens (tertiary/aromatic N) is 2. The summed E-state index contributed by atoms with van der Waals surface area (Å²) in [4.78, 5) is 19.6. The Kier molecular flexibility index (Phi) is 5.14. The maximum Gasteiger partial charge on any atom is 0.265 e. The number of aryl methyl sites for hydroxylation is 2. The first-order valence-corrected chi connectivity index (χ1v) is 8.97. The van der Waals surface area contributed by atoms with Crippen LogP contribution < -0.4 is 4.74 Å². The first kappa shape index (κ1) is 16.9. The average molecular weight is 348 g/mol. The number of carbonyl (C=O) groups excluding carboxylic acids is 1. The van der Waals surface area contributed by atoms with E-state index >= 15 is 0 Å². The van der Waals surface area contributed by atoms with Crippen molar-refractivity contribution in [2.75, 3.05) is 19.7 Å². The molecule has 0 aliphatic carbocycles. The lowest BCUT2D eigenvalue weighted by atomic mass is 10.1. The highest BCUT2D eigenvalue weighted by Gasteiger charge is 2.28. The summed E-state index contributed by atoms with van der Waals surface area (Å²) in [5, 5.41) is 0.921. The van der Waals surface area contributed by atoms with E-state index in [0.717, 1.165) is 41.5 Å². The van der Waals surface area contributed by atoms with Crippen molar-refractivity contribution in [3.8, 4) is 5.75 Å². The number of hydrogen-bond acceptors (Lipinski definition) is 4. The molecule has 1 aromatic carbocycles. The van der Waals surface area contributed by atoms with Gasteiger partial charge in [-0.15, -0.1) is 11.3 Å². The number of benzene rings is 1. The highest BCUT2D eigenvalue weighted by atomic mass is 32.1. The third-order valence-electron chi connectivity index (χ3n) is 4.29. The summed E-state index contributed by atoms with van der Waals surface area (Å²) in [7, 11) is 0. The Morgan fingerprint density at radius 1 is 1.42 bits per heavy atom. The first-order valence-electron chi connectivity index (χ1n) is 8.15. The van der Waals surface area contributed by atoms with Gasteiger partial charge in [0.05, 0.1) is 17.3 Å². The molecule has 2 aromatic rings. The number of aromatic nitrogens is 1. The summed E-state index contributed by atoms with van der Waals surface area (Å²) >= 11 is 1.46. The molecule has 0 saturated carbocycles. The van der Waals surface area contributed by atoms with Crippen LogP contribution in [0.2, 0.25) is 0 Å². The Bertz CT molecular complexity index is 732. The topological polar surface area (TPSA) is 42.4 Å². The van der Waals surface area contributed by atoms with Crippen LogP contribution in [0, 0.1) is 25.6 Å². The Morgan fingerprint density at radius 3 is 2.92 bits per heavy atom. The fourth-order valence-electron chi connectivity index (χ4n) is 3.02. The molecule has 2 heterocycles. The Morgan fingerprint density at radius 2 is 2.21 bits per heavy atom. The second kappa shape index (κ2) is 7.30. The van der Waals surface area contributed by atoms with E-state index in [4.69, 9.17) is 4.74 Å². The van der Waals surface area contributed by atoms with E-state index in [0.29, 0.717) is 18.3 Å². The molecule has 4 nitrogen and oxygen atoms in total. The minimum absolute atomic E-state index is 0.0793. The van der Waals surface area contributed by atoms with E-state index in [1.165, 1.54) is 17.4 Å². The molecular formula is C18H21FN2O2S. The summed E-state index contributed by atoms with van der Waals surface area (Å²) < 4.78 is 19.0. The van der Waals surface area contributed by atoms with Crippen molar-refractivity contribution in [2.24, 2.45) is 5.92 Å². The molecule has 0 spiro atoms. The van der Waals surface area contributed by atoms with Crippen LogP contribution in [-0.4, -0.2) is 35.5 Å². The molecule has 0 radical (unpaired) electrons. The summed E-state index contributed by atoms with van der Waals surface area (Å²) in [6.07, 6.45) is 1.78. The van der Waals surface area contributed by atoms with Crippen LogP contribution >= 0.6 is 11.3 Å². The third-order valence-corrected chi connectivity index (χ3v) is 5.35. The van der Waals surface area contributed by atoms with Crippen molar-refractivity contribution in [1.82, 2.24) is 9.88 Å². The zero-order valence-electron chi connectivity index (χ0n) is 13.9. The standard InChI is InChI=1S/C18H21FN2O2S/c1-12-17(24-13(2)20-12)18(22)21-9-7-14(11-21)8-10-23-16-6-4-3-5-15(16)19/h3-6,14H,7-11H2,1-2H3. The van der Waals surface area contributed by atoms with E-state index in [-0.39, 0.29) is 11.7 Å². The van der Waals surface area contributed by atoms with Crippen molar-refractivity contribution in [1.29, 1.82) is 0 Å². The van der Waals surface area contributed by atoms with Gasteiger partial charge in [0.15, 0.2) is 11.6 Å². The Hall–Kier alpha value is -1.95. The van der Waals surface area contributed by atoms with Crippen molar-refractivity contribution in [2.45, 2.75) is 26.7 Å². The van der Waals surface area contributed by atoms with Gasteiger partial charge in [-0.05, 0) is 44.7 Å². The van der Waals surface area contributed by atoms with Gasteiger partial charge in [-0.1, -0.05) is 12.1 Å². The summed E-state index contributed by atoms with van der Waals surface area (Å²) in [5.74, 6) is 0.432. The number of likely N-dealkylation sites (tertiary alicyclic amines) is 1. The number of rotatable bonds is 5. The minimum atomic E-state index is -0.336. The van der Waals surface area contributed by atoms with Gasteiger partial charge < -0.3 is 9.64 Å². The lowest BCUT2D eigenvalue weighted by Crippen LogP contribution is -2.28. The first-order chi connectivity index (χ1) is 11.5. The molecule has 1 saturated heterocycles. The number of hydrogen-bond donors (Lipinski definition) is 0. The minimum Gasteiger partial charge on any atom is -0.491 e. The second-order valence-electron chi connectivity index (χ2n) is 6.12. The maximum atomic E-state index is 13.5. The van der Waals surface area contributed by atoms with Gasteiger partial charge in [0.2, 0.25) is 0 Å². The van der Waals surface area contributed by atoms with E-state index < -0.39 is 0 Å². The predicted octanol–water partition coefficient (Wildman–Crippen LogP) is 3.83. The zero-order valence-corrected chi connectivity index (χ0v) is 14.7. The lowest BCUT2D eigenvalue weighted by Gasteiger charge is -2.16. The van der Waals surface area contributed by atoms with Crippen LogP contribution in [0.1, 0.15) is 33.2 Å². The predicted molar refractivity (Wildman–Crippen MR) is 92.1 cm³/mol. The van der Waals surface area contributed by atoms with Crippen LogP contribution in [0.15, 0.2) is 24.3 Å². The van der Waals surface area contributed by atoms with Gasteiger partial charge in [0, 0.05) is 13.1 Å². The zero-order chi connectivity index (χ0) is 17.1. The number of carbonyl (C=O) groups is 1. The molecule has 1 unspecified atom stereocenters. The summed E-state index contributed by atoms with van der Waals surface area (Å²) in [6.45, 7) is 5.76. The quantitative estimate of drug-likeness (QED) is 0.825. The van der Waals surface area contributed by atoms with Crippen LogP contribution in [0.25, 0.3) is 0 Å². The van der Waals surface area contributed by atoms with Gasteiger partial charge in [-0.2, -0.15) is 0 Å². The van der Waals surface area contributed by atoms with Crippen LogP contribution in [0.3, 0.4) is 0 Å². The van der Waals surface area contributed by atoms with Crippen molar-refractivity contribution >= 4 is 17.2 Å². The molecule has 1 fully saturated rings. The molecule has 1 aliphatic heterocycles. The summed E-state index contributed by atoms with van der Waals surface area (Å²) in [6, 6.07) is 6.43. The molecule has 1 atom stereocenters. The van der Waals surface area contributed by atoms with Gasteiger partial charge in [-0.25, -0.2) is 9.37 Å². The van der Waals surface area contributed by atoms with Gasteiger partial charge in [-0.3, -0.25) is 4.79 Å². The molecule has 3 rings (SSSR count). The molecule has 1 aliphatic rings. The maximum absolute atomic E-state index is 13.5. The third kappa shape index (κ3) is 3.75. The monoisotopic (exact) mass is 348 g/mol. The van der Waals surface area contributed by atoms with Gasteiger partial charge >= 0.3 is 0 Å². The molecule has 0 N–H and O–H groups in total. The molecule has 1 aromatic heterocycles. The van der Waals surface area contributed by atoms with Crippen LogP contribution in [-0.2, 0) is 0 Å². The molecular weight excluding hydrogens is 327 g/mol. The van der Waals surface area contributed by atoms with E-state index in [1.54, 1.807) is 18.2 Å². The van der Waals surface area contributed by atoms with E-state index in [2.05, 4.69) is 4.98 Å². The van der Waals surface area contributed by atoms with Gasteiger partial charge in [0.1, 0.15) is 4.88 Å².